The van der Waals surface area contributed by atoms with Crippen LogP contribution in [0, 0.1) is 0 Å². The van der Waals surface area contributed by atoms with Gasteiger partial charge in [0.1, 0.15) is 0 Å². The van der Waals surface area contributed by atoms with Gasteiger partial charge in [0.2, 0.25) is 0 Å². The number of nitrogens with zero attached hydrogens (tertiary/aromatic N) is 2. The minimum atomic E-state index is -0.165. The monoisotopic (exact) mass is 248 g/mol. The molecular weight excluding hydrogens is 232 g/mol. The van der Waals surface area contributed by atoms with Crippen molar-refractivity contribution >= 4 is 29.6 Å². The summed E-state index contributed by atoms with van der Waals surface area (Å²) < 4.78 is 0. The first-order valence-corrected chi connectivity index (χ1v) is 7.54. The van der Waals surface area contributed by atoms with E-state index in [1.807, 2.05) is 23.5 Å². The first-order valence-electron chi connectivity index (χ1n) is 5.23. The fourth-order valence-electron chi connectivity index (χ4n) is 1.55. The summed E-state index contributed by atoms with van der Waals surface area (Å²) >= 11 is 3.81. The lowest BCUT2D eigenvalue weighted by molar-refractivity contribution is -0.105. The van der Waals surface area contributed by atoms with Crippen LogP contribution in [-0.2, 0) is 4.84 Å². The van der Waals surface area contributed by atoms with Crippen molar-refractivity contribution in [1.29, 1.82) is 0 Å². The van der Waals surface area contributed by atoms with Crippen LogP contribution in [-0.4, -0.2) is 65.2 Å². The van der Waals surface area contributed by atoms with E-state index in [1.54, 1.807) is 9.96 Å². The molecule has 15 heavy (non-hydrogen) atoms. The maximum atomic E-state index is 11.7. The summed E-state index contributed by atoms with van der Waals surface area (Å²) in [7, 11) is 0. The van der Waals surface area contributed by atoms with Gasteiger partial charge in [0, 0.05) is 49.2 Å². The minimum absolute atomic E-state index is 0.165. The zero-order chi connectivity index (χ0) is 10.5. The van der Waals surface area contributed by atoms with Gasteiger partial charge >= 0.3 is 6.09 Å². The molecule has 0 aliphatic carbocycles. The lowest BCUT2D eigenvalue weighted by atomic mass is 10.5. The van der Waals surface area contributed by atoms with Crippen molar-refractivity contribution in [2.75, 3.05) is 49.2 Å². The van der Waals surface area contributed by atoms with Crippen LogP contribution in [0.3, 0.4) is 0 Å². The molecular formula is C9H16N2O2S2. The average molecular weight is 248 g/mol. The predicted molar refractivity (Wildman–Crippen MR) is 64.3 cm³/mol. The molecule has 0 unspecified atom stereocenters. The Morgan fingerprint density at radius 2 is 1.47 bits per heavy atom. The molecule has 2 saturated heterocycles. The van der Waals surface area contributed by atoms with Crippen molar-refractivity contribution in [2.24, 2.45) is 0 Å². The predicted octanol–water partition coefficient (Wildman–Crippen LogP) is 1.14. The summed E-state index contributed by atoms with van der Waals surface area (Å²) in [6.07, 6.45) is -0.165. The molecule has 2 aliphatic heterocycles. The molecule has 0 radical (unpaired) electrons. The maximum Gasteiger partial charge on any atom is 0.428 e. The molecule has 0 spiro atoms. The van der Waals surface area contributed by atoms with Crippen LogP contribution in [0.15, 0.2) is 0 Å². The van der Waals surface area contributed by atoms with Gasteiger partial charge in [0.25, 0.3) is 0 Å². The maximum absolute atomic E-state index is 11.7. The van der Waals surface area contributed by atoms with Crippen LogP contribution in [0.2, 0.25) is 0 Å². The number of carbonyl (C=O) groups excluding carboxylic acids is 1. The summed E-state index contributed by atoms with van der Waals surface area (Å²) in [4.78, 5) is 18.8. The molecule has 0 aromatic rings. The van der Waals surface area contributed by atoms with E-state index in [4.69, 9.17) is 4.84 Å². The highest BCUT2D eigenvalue weighted by atomic mass is 32.2. The Labute approximate surface area is 98.6 Å². The van der Waals surface area contributed by atoms with Gasteiger partial charge in [0.05, 0.1) is 0 Å². The number of carbonyl (C=O) groups is 1. The van der Waals surface area contributed by atoms with E-state index in [1.165, 1.54) is 0 Å². The molecule has 4 nitrogen and oxygen atoms in total. The highest BCUT2D eigenvalue weighted by Crippen LogP contribution is 2.13. The Bertz CT molecular complexity index is 216. The van der Waals surface area contributed by atoms with E-state index in [9.17, 15) is 4.79 Å². The van der Waals surface area contributed by atoms with Gasteiger partial charge in [-0.25, -0.2) is 4.79 Å². The number of rotatable bonds is 1. The highest BCUT2D eigenvalue weighted by Gasteiger charge is 2.22. The Morgan fingerprint density at radius 1 is 0.933 bits per heavy atom. The Hall–Kier alpha value is -0.0700. The molecule has 0 aromatic heterocycles. The largest absolute Gasteiger partial charge is 0.428 e. The first-order chi connectivity index (χ1) is 7.36. The zero-order valence-corrected chi connectivity index (χ0v) is 10.3. The molecule has 0 atom stereocenters. The molecule has 0 bridgehead atoms. The van der Waals surface area contributed by atoms with Gasteiger partial charge in [0.15, 0.2) is 0 Å². The molecule has 86 valence electrons. The van der Waals surface area contributed by atoms with E-state index in [-0.39, 0.29) is 6.09 Å². The van der Waals surface area contributed by atoms with E-state index in [0.29, 0.717) is 0 Å². The number of thioether (sulfide) groups is 2. The number of amides is 1. The second-order valence-corrected chi connectivity index (χ2v) is 5.95. The van der Waals surface area contributed by atoms with Crippen molar-refractivity contribution in [3.63, 3.8) is 0 Å². The summed E-state index contributed by atoms with van der Waals surface area (Å²) in [5.74, 6) is 4.18. The third kappa shape index (κ3) is 3.46. The van der Waals surface area contributed by atoms with Crippen LogP contribution in [0.1, 0.15) is 0 Å². The van der Waals surface area contributed by atoms with E-state index in [2.05, 4.69) is 0 Å². The normalized spacial score (nSPS) is 23.9. The van der Waals surface area contributed by atoms with Crippen molar-refractivity contribution < 1.29 is 9.63 Å². The third-order valence-corrected chi connectivity index (χ3v) is 4.33. The number of hydroxylamine groups is 2. The van der Waals surface area contributed by atoms with Crippen LogP contribution in [0.4, 0.5) is 4.79 Å². The Balaban J connectivity index is 1.74. The van der Waals surface area contributed by atoms with Crippen LogP contribution in [0.25, 0.3) is 0 Å². The smallest absolute Gasteiger partial charge is 0.351 e. The molecule has 2 rings (SSSR count). The molecule has 6 heteroatoms. The van der Waals surface area contributed by atoms with Gasteiger partial charge in [-0.3, -0.25) is 0 Å². The Kier molecular flexibility index (Phi) is 4.46. The highest BCUT2D eigenvalue weighted by molar-refractivity contribution is 7.99. The van der Waals surface area contributed by atoms with Crippen LogP contribution >= 0.6 is 23.5 Å². The number of hydrogen-bond donors (Lipinski definition) is 0. The van der Waals surface area contributed by atoms with Gasteiger partial charge in [-0.15, -0.1) is 5.06 Å². The minimum Gasteiger partial charge on any atom is -0.351 e. The lowest BCUT2D eigenvalue weighted by Crippen LogP contribution is -2.43. The van der Waals surface area contributed by atoms with Crippen LogP contribution < -0.4 is 0 Å². The summed E-state index contributed by atoms with van der Waals surface area (Å²) in [5, 5.41) is 1.79. The fraction of sp³-hybridized carbons (Fsp3) is 0.889. The molecule has 2 heterocycles. The van der Waals surface area contributed by atoms with Crippen molar-refractivity contribution in [1.82, 2.24) is 9.96 Å². The van der Waals surface area contributed by atoms with E-state index < -0.39 is 0 Å². The first kappa shape index (κ1) is 11.4. The summed E-state index contributed by atoms with van der Waals surface area (Å²) in [6.45, 7) is 3.37. The molecule has 1 amide bonds. The van der Waals surface area contributed by atoms with Gasteiger partial charge in [-0.2, -0.15) is 23.5 Å². The van der Waals surface area contributed by atoms with Gasteiger partial charge < -0.3 is 9.74 Å². The second kappa shape index (κ2) is 5.86. The molecule has 0 N–H and O–H groups in total. The van der Waals surface area contributed by atoms with E-state index >= 15 is 0 Å². The Morgan fingerprint density at radius 3 is 2.07 bits per heavy atom. The van der Waals surface area contributed by atoms with Gasteiger partial charge in [-0.05, 0) is 0 Å². The van der Waals surface area contributed by atoms with Crippen molar-refractivity contribution in [3.05, 3.63) is 0 Å². The SMILES string of the molecule is O=C(ON1CCSCC1)N1CCSCC1. The molecule has 0 aromatic carbocycles. The van der Waals surface area contributed by atoms with Crippen molar-refractivity contribution in [3.8, 4) is 0 Å². The summed E-state index contributed by atoms with van der Waals surface area (Å²) in [6, 6.07) is 0. The van der Waals surface area contributed by atoms with Crippen molar-refractivity contribution in [2.45, 2.75) is 0 Å². The lowest BCUT2D eigenvalue weighted by Gasteiger charge is -2.30. The number of hydrogen-bond acceptors (Lipinski definition) is 5. The zero-order valence-electron chi connectivity index (χ0n) is 8.68. The second-order valence-electron chi connectivity index (χ2n) is 3.50. The fourth-order valence-corrected chi connectivity index (χ4v) is 3.32. The quantitative estimate of drug-likeness (QED) is 0.695. The van der Waals surface area contributed by atoms with E-state index in [0.717, 1.165) is 49.2 Å². The topological polar surface area (TPSA) is 32.8 Å². The molecule has 2 fully saturated rings. The summed E-state index contributed by atoms with van der Waals surface area (Å²) in [5.41, 5.74) is 0. The molecule has 2 aliphatic rings. The van der Waals surface area contributed by atoms with Gasteiger partial charge in [-0.1, -0.05) is 0 Å². The standard InChI is InChI=1S/C9H16N2O2S2/c12-9(10-1-5-14-6-2-10)13-11-3-7-15-8-4-11/h1-8H2. The van der Waals surface area contributed by atoms with Crippen LogP contribution in [0.5, 0.6) is 0 Å². The average Bonchev–Trinajstić information content (AvgIpc) is 2.31. The molecule has 0 saturated carbocycles. The third-order valence-electron chi connectivity index (χ3n) is 2.45.